The van der Waals surface area contributed by atoms with E-state index in [9.17, 15) is 13.2 Å². The van der Waals surface area contributed by atoms with Crippen LogP contribution >= 0.6 is 11.3 Å². The van der Waals surface area contributed by atoms with E-state index in [-0.39, 0.29) is 11.7 Å². The minimum atomic E-state index is -4.58. The van der Waals surface area contributed by atoms with Crippen molar-refractivity contribution in [2.75, 3.05) is 11.4 Å². The predicted molar refractivity (Wildman–Crippen MR) is 79.4 cm³/mol. The Morgan fingerprint density at radius 1 is 1.17 bits per heavy atom. The molecule has 3 aromatic rings. The number of hydrogen-bond donors (Lipinski definition) is 0. The lowest BCUT2D eigenvalue weighted by atomic mass is 10.2. The molecule has 1 saturated heterocycles. The fourth-order valence-electron chi connectivity index (χ4n) is 2.93. The van der Waals surface area contributed by atoms with Crippen molar-refractivity contribution in [2.24, 2.45) is 0 Å². The Morgan fingerprint density at radius 2 is 2.04 bits per heavy atom. The molecule has 120 valence electrons. The van der Waals surface area contributed by atoms with Crippen molar-refractivity contribution in [1.29, 1.82) is 0 Å². The molecule has 0 amide bonds. The summed E-state index contributed by atoms with van der Waals surface area (Å²) < 4.78 is 39.7. The van der Waals surface area contributed by atoms with Crippen molar-refractivity contribution in [3.8, 4) is 0 Å². The molecule has 1 unspecified atom stereocenters. The Morgan fingerprint density at radius 3 is 2.78 bits per heavy atom. The summed E-state index contributed by atoms with van der Waals surface area (Å²) in [5.41, 5.74) is 0.0907. The number of nitrogens with zero attached hydrogens (tertiary/aromatic N) is 5. The molecule has 1 atom stereocenters. The van der Waals surface area contributed by atoms with E-state index in [1.807, 2.05) is 22.4 Å². The zero-order valence-electron chi connectivity index (χ0n) is 11.9. The first kappa shape index (κ1) is 14.4. The quantitative estimate of drug-likeness (QED) is 0.716. The Balaban J connectivity index is 1.77. The van der Waals surface area contributed by atoms with E-state index in [2.05, 4.69) is 15.3 Å². The van der Waals surface area contributed by atoms with Crippen LogP contribution in [0.1, 0.15) is 29.6 Å². The van der Waals surface area contributed by atoms with Crippen LogP contribution in [-0.2, 0) is 6.18 Å². The summed E-state index contributed by atoms with van der Waals surface area (Å²) in [6.45, 7) is 0.768. The van der Waals surface area contributed by atoms with E-state index in [1.54, 1.807) is 17.4 Å². The Labute approximate surface area is 133 Å². The monoisotopic (exact) mass is 339 g/mol. The van der Waals surface area contributed by atoms with Crippen molar-refractivity contribution in [3.63, 3.8) is 0 Å². The van der Waals surface area contributed by atoms with Gasteiger partial charge in [-0.1, -0.05) is 6.07 Å². The summed E-state index contributed by atoms with van der Waals surface area (Å²) in [6.07, 6.45) is -2.63. The first-order valence-electron chi connectivity index (χ1n) is 7.14. The fourth-order valence-corrected chi connectivity index (χ4v) is 3.80. The van der Waals surface area contributed by atoms with Crippen LogP contribution in [0.15, 0.2) is 29.6 Å². The number of aromatic nitrogens is 4. The maximum atomic E-state index is 13.0. The topological polar surface area (TPSA) is 46.3 Å². The Bertz CT molecular complexity index is 827. The number of fused-ring (bicyclic) bond motifs is 1. The molecule has 23 heavy (non-hydrogen) atoms. The molecule has 0 aliphatic carbocycles. The largest absolute Gasteiger partial charge is 0.453 e. The van der Waals surface area contributed by atoms with Gasteiger partial charge in [0.05, 0.1) is 6.04 Å². The summed E-state index contributed by atoms with van der Waals surface area (Å²) in [5, 5.41) is 12.9. The SMILES string of the molecule is FC(F)(F)c1nnc2ccc(N3CCCC3c3cccs3)nn12. The van der Waals surface area contributed by atoms with Crippen molar-refractivity contribution in [1.82, 2.24) is 19.8 Å². The molecular formula is C14H12F3N5S. The molecule has 0 spiro atoms. The van der Waals surface area contributed by atoms with Crippen LogP contribution in [0.25, 0.3) is 5.65 Å². The van der Waals surface area contributed by atoms with Gasteiger partial charge in [-0.15, -0.1) is 26.6 Å². The third-order valence-corrected chi connectivity index (χ3v) is 4.89. The highest BCUT2D eigenvalue weighted by Crippen LogP contribution is 2.37. The smallest absolute Gasteiger partial charge is 0.347 e. The van der Waals surface area contributed by atoms with Gasteiger partial charge in [0.15, 0.2) is 5.65 Å². The third kappa shape index (κ3) is 2.44. The third-order valence-electron chi connectivity index (χ3n) is 3.92. The molecule has 0 N–H and O–H groups in total. The number of hydrogen-bond acceptors (Lipinski definition) is 5. The molecule has 0 aromatic carbocycles. The second kappa shape index (κ2) is 5.19. The zero-order valence-corrected chi connectivity index (χ0v) is 12.7. The number of rotatable bonds is 2. The van der Waals surface area contributed by atoms with Crippen LogP contribution in [0.3, 0.4) is 0 Å². The molecule has 5 nitrogen and oxygen atoms in total. The zero-order chi connectivity index (χ0) is 16.0. The first-order chi connectivity index (χ1) is 11.0. The second-order valence-electron chi connectivity index (χ2n) is 5.35. The summed E-state index contributed by atoms with van der Waals surface area (Å²) in [7, 11) is 0. The maximum absolute atomic E-state index is 13.0. The standard InChI is InChI=1S/C14H12F3N5S/c15-14(16,17)13-19-18-11-5-6-12(20-22(11)13)21-7-1-3-9(21)10-4-2-8-23-10/h2,4-6,8-9H,1,3,7H2. The molecule has 3 aromatic heterocycles. The van der Waals surface area contributed by atoms with Crippen molar-refractivity contribution >= 4 is 22.8 Å². The van der Waals surface area contributed by atoms with Crippen molar-refractivity contribution in [3.05, 3.63) is 40.3 Å². The average molecular weight is 339 g/mol. The predicted octanol–water partition coefficient (Wildman–Crippen LogP) is 3.55. The van der Waals surface area contributed by atoms with Gasteiger partial charge in [0.2, 0.25) is 0 Å². The van der Waals surface area contributed by atoms with Gasteiger partial charge in [-0.05, 0) is 36.4 Å². The maximum Gasteiger partial charge on any atom is 0.453 e. The number of halogens is 3. The second-order valence-corrected chi connectivity index (χ2v) is 6.33. The molecule has 0 saturated carbocycles. The Hall–Kier alpha value is -2.16. The molecule has 1 aliphatic heterocycles. The molecule has 4 rings (SSSR count). The van der Waals surface area contributed by atoms with Gasteiger partial charge in [0, 0.05) is 11.4 Å². The average Bonchev–Trinajstić information content (AvgIpc) is 3.24. The summed E-state index contributed by atoms with van der Waals surface area (Å²) in [5.74, 6) is -0.583. The lowest BCUT2D eigenvalue weighted by molar-refractivity contribution is -0.146. The normalized spacial score (nSPS) is 18.9. The molecular weight excluding hydrogens is 327 g/mol. The van der Waals surface area contributed by atoms with Gasteiger partial charge >= 0.3 is 6.18 Å². The fraction of sp³-hybridized carbons (Fsp3) is 0.357. The van der Waals surface area contributed by atoms with E-state index in [4.69, 9.17) is 0 Å². The van der Waals surface area contributed by atoms with Crippen LogP contribution in [0, 0.1) is 0 Å². The molecule has 1 aliphatic rings. The van der Waals surface area contributed by atoms with Crippen molar-refractivity contribution < 1.29 is 13.2 Å². The van der Waals surface area contributed by atoms with Crippen LogP contribution in [-0.4, -0.2) is 26.4 Å². The number of thiophene rings is 1. The molecule has 4 heterocycles. The molecule has 0 radical (unpaired) electrons. The van der Waals surface area contributed by atoms with Gasteiger partial charge in [-0.2, -0.15) is 17.7 Å². The Kier molecular flexibility index (Phi) is 3.26. The minimum Gasteiger partial charge on any atom is -0.347 e. The van der Waals surface area contributed by atoms with E-state index >= 15 is 0 Å². The number of anilines is 1. The summed E-state index contributed by atoms with van der Waals surface area (Å²) in [6, 6.07) is 7.41. The lowest BCUT2D eigenvalue weighted by Crippen LogP contribution is -2.24. The van der Waals surface area contributed by atoms with Crippen molar-refractivity contribution in [2.45, 2.75) is 25.1 Å². The van der Waals surface area contributed by atoms with E-state index < -0.39 is 12.0 Å². The first-order valence-corrected chi connectivity index (χ1v) is 8.02. The molecule has 1 fully saturated rings. The van der Waals surface area contributed by atoms with Crippen LogP contribution in [0.4, 0.5) is 19.0 Å². The highest BCUT2D eigenvalue weighted by atomic mass is 32.1. The number of alkyl halides is 3. The summed E-state index contributed by atoms with van der Waals surface area (Å²) >= 11 is 1.65. The molecule has 9 heteroatoms. The van der Waals surface area contributed by atoms with Gasteiger partial charge in [-0.25, -0.2) is 0 Å². The van der Waals surface area contributed by atoms with Crippen LogP contribution in [0.5, 0.6) is 0 Å². The minimum absolute atomic E-state index is 0.0907. The van der Waals surface area contributed by atoms with Crippen LogP contribution in [0.2, 0.25) is 0 Å². The van der Waals surface area contributed by atoms with Gasteiger partial charge in [0.1, 0.15) is 5.82 Å². The van der Waals surface area contributed by atoms with E-state index in [1.165, 1.54) is 10.9 Å². The summed E-state index contributed by atoms with van der Waals surface area (Å²) in [4.78, 5) is 3.25. The van der Waals surface area contributed by atoms with E-state index in [0.29, 0.717) is 5.82 Å². The van der Waals surface area contributed by atoms with Gasteiger partial charge in [-0.3, -0.25) is 0 Å². The highest BCUT2D eigenvalue weighted by Gasteiger charge is 2.38. The molecule has 0 bridgehead atoms. The van der Waals surface area contributed by atoms with Gasteiger partial charge < -0.3 is 4.90 Å². The van der Waals surface area contributed by atoms with Gasteiger partial charge in [0.25, 0.3) is 5.82 Å². The lowest BCUT2D eigenvalue weighted by Gasteiger charge is -2.24. The van der Waals surface area contributed by atoms with E-state index in [0.717, 1.165) is 23.9 Å². The van der Waals surface area contributed by atoms with Crippen LogP contribution < -0.4 is 4.90 Å². The highest BCUT2D eigenvalue weighted by molar-refractivity contribution is 7.10.